The molecule has 2 aromatic heterocycles. The zero-order valence-corrected chi connectivity index (χ0v) is 10.7. The normalized spacial score (nSPS) is 10.4. The third-order valence-corrected chi connectivity index (χ3v) is 3.12. The van der Waals surface area contributed by atoms with Gasteiger partial charge in [-0.1, -0.05) is 36.4 Å². The van der Waals surface area contributed by atoms with Gasteiger partial charge in [0.1, 0.15) is 0 Å². The van der Waals surface area contributed by atoms with Gasteiger partial charge in [-0.25, -0.2) is 0 Å². The highest BCUT2D eigenvalue weighted by molar-refractivity contribution is 5.66. The smallest absolute Gasteiger partial charge is 0.0746 e. The molecule has 2 nitrogen and oxygen atoms in total. The third kappa shape index (κ3) is 2.38. The average molecular weight is 246 g/mol. The van der Waals surface area contributed by atoms with Crippen molar-refractivity contribution in [1.82, 2.24) is 9.97 Å². The summed E-state index contributed by atoms with van der Waals surface area (Å²) in [6.07, 6.45) is 3.70. The summed E-state index contributed by atoms with van der Waals surface area (Å²) >= 11 is 0. The number of rotatable bonds is 2. The predicted octanol–water partition coefficient (Wildman–Crippen LogP) is 4.12. The number of hydrogen-bond donors (Lipinski definition) is 0. The molecule has 2 heteroatoms. The first kappa shape index (κ1) is 11.6. The van der Waals surface area contributed by atoms with Crippen LogP contribution in [0, 0.1) is 6.92 Å². The lowest BCUT2D eigenvalue weighted by Gasteiger charge is -2.05. The SMILES string of the molecule is Cc1cccnc1-c1ccc(-c2ccccc2)nc1. The second-order valence-electron chi connectivity index (χ2n) is 4.47. The molecule has 0 aliphatic heterocycles. The number of benzene rings is 1. The van der Waals surface area contributed by atoms with Crippen LogP contribution >= 0.6 is 0 Å². The van der Waals surface area contributed by atoms with Crippen molar-refractivity contribution in [2.75, 3.05) is 0 Å². The minimum Gasteiger partial charge on any atom is -0.256 e. The molecule has 0 bridgehead atoms. The van der Waals surface area contributed by atoms with Crippen LogP contribution in [0.5, 0.6) is 0 Å². The van der Waals surface area contributed by atoms with E-state index in [0.29, 0.717) is 0 Å². The van der Waals surface area contributed by atoms with Crippen LogP contribution in [0.25, 0.3) is 22.5 Å². The lowest BCUT2D eigenvalue weighted by atomic mass is 10.1. The van der Waals surface area contributed by atoms with E-state index < -0.39 is 0 Å². The number of hydrogen-bond acceptors (Lipinski definition) is 2. The quantitative estimate of drug-likeness (QED) is 0.679. The lowest BCUT2D eigenvalue weighted by Crippen LogP contribution is -1.89. The highest BCUT2D eigenvalue weighted by Crippen LogP contribution is 2.22. The van der Waals surface area contributed by atoms with Gasteiger partial charge in [0.15, 0.2) is 0 Å². The second kappa shape index (κ2) is 5.02. The van der Waals surface area contributed by atoms with Gasteiger partial charge >= 0.3 is 0 Å². The van der Waals surface area contributed by atoms with Crippen molar-refractivity contribution in [2.24, 2.45) is 0 Å². The van der Waals surface area contributed by atoms with Crippen molar-refractivity contribution in [2.45, 2.75) is 6.92 Å². The van der Waals surface area contributed by atoms with Crippen LogP contribution in [-0.4, -0.2) is 9.97 Å². The van der Waals surface area contributed by atoms with Crippen molar-refractivity contribution in [1.29, 1.82) is 0 Å². The van der Waals surface area contributed by atoms with Gasteiger partial charge < -0.3 is 0 Å². The summed E-state index contributed by atoms with van der Waals surface area (Å²) in [5.74, 6) is 0. The molecule has 3 aromatic rings. The molecule has 0 unspecified atom stereocenters. The summed E-state index contributed by atoms with van der Waals surface area (Å²) in [7, 11) is 0. The minimum atomic E-state index is 0.984. The Morgan fingerprint density at radius 1 is 0.737 bits per heavy atom. The Balaban J connectivity index is 1.98. The molecule has 0 radical (unpaired) electrons. The van der Waals surface area contributed by atoms with E-state index in [9.17, 15) is 0 Å². The Morgan fingerprint density at radius 2 is 1.58 bits per heavy atom. The Bertz CT molecular complexity index is 673. The van der Waals surface area contributed by atoms with E-state index in [-0.39, 0.29) is 0 Å². The highest BCUT2D eigenvalue weighted by Gasteiger charge is 2.04. The van der Waals surface area contributed by atoms with Crippen molar-refractivity contribution in [3.8, 4) is 22.5 Å². The summed E-state index contributed by atoms with van der Waals surface area (Å²) in [4.78, 5) is 8.94. The van der Waals surface area contributed by atoms with Gasteiger partial charge in [0, 0.05) is 23.5 Å². The van der Waals surface area contributed by atoms with E-state index in [1.807, 2.05) is 42.7 Å². The molecular formula is C17H14N2. The van der Waals surface area contributed by atoms with Crippen molar-refractivity contribution < 1.29 is 0 Å². The van der Waals surface area contributed by atoms with Crippen LogP contribution in [0.1, 0.15) is 5.56 Å². The largest absolute Gasteiger partial charge is 0.256 e. The van der Waals surface area contributed by atoms with E-state index in [0.717, 1.165) is 28.1 Å². The highest BCUT2D eigenvalue weighted by atomic mass is 14.7. The fraction of sp³-hybridized carbons (Fsp3) is 0.0588. The molecular weight excluding hydrogens is 232 g/mol. The molecule has 2 heterocycles. The maximum atomic E-state index is 4.53. The van der Waals surface area contributed by atoms with E-state index in [1.54, 1.807) is 0 Å². The molecule has 92 valence electrons. The predicted molar refractivity (Wildman–Crippen MR) is 77.6 cm³/mol. The second-order valence-corrected chi connectivity index (χ2v) is 4.47. The third-order valence-electron chi connectivity index (χ3n) is 3.12. The van der Waals surface area contributed by atoms with Gasteiger partial charge in [-0.05, 0) is 30.7 Å². The monoisotopic (exact) mass is 246 g/mol. The van der Waals surface area contributed by atoms with Crippen molar-refractivity contribution >= 4 is 0 Å². The molecule has 0 saturated heterocycles. The summed E-state index contributed by atoms with van der Waals surface area (Å²) < 4.78 is 0. The van der Waals surface area contributed by atoms with Crippen LogP contribution < -0.4 is 0 Å². The van der Waals surface area contributed by atoms with Crippen LogP contribution in [0.15, 0.2) is 67.0 Å². The fourth-order valence-electron chi connectivity index (χ4n) is 2.10. The average Bonchev–Trinajstić information content (AvgIpc) is 2.49. The summed E-state index contributed by atoms with van der Waals surface area (Å²) in [6, 6.07) is 18.3. The Hall–Kier alpha value is -2.48. The molecule has 0 amide bonds. The van der Waals surface area contributed by atoms with Crippen molar-refractivity contribution in [3.05, 3.63) is 72.6 Å². The van der Waals surface area contributed by atoms with Crippen molar-refractivity contribution in [3.63, 3.8) is 0 Å². The zero-order chi connectivity index (χ0) is 13.1. The molecule has 3 rings (SSSR count). The summed E-state index contributed by atoms with van der Waals surface area (Å²) in [5.41, 5.74) is 5.33. The molecule has 0 fully saturated rings. The number of aromatic nitrogens is 2. The molecule has 0 atom stereocenters. The Morgan fingerprint density at radius 3 is 2.26 bits per heavy atom. The van der Waals surface area contributed by atoms with Gasteiger partial charge in [0.2, 0.25) is 0 Å². The zero-order valence-electron chi connectivity index (χ0n) is 10.7. The van der Waals surface area contributed by atoms with Crippen LogP contribution in [-0.2, 0) is 0 Å². The topological polar surface area (TPSA) is 25.8 Å². The van der Waals surface area contributed by atoms with E-state index in [1.165, 1.54) is 0 Å². The number of aryl methyl sites for hydroxylation is 1. The van der Waals surface area contributed by atoms with E-state index in [4.69, 9.17) is 0 Å². The number of nitrogens with zero attached hydrogens (tertiary/aromatic N) is 2. The lowest BCUT2D eigenvalue weighted by molar-refractivity contribution is 1.24. The molecule has 0 N–H and O–H groups in total. The maximum Gasteiger partial charge on any atom is 0.0746 e. The van der Waals surface area contributed by atoms with E-state index >= 15 is 0 Å². The standard InChI is InChI=1S/C17H14N2/c1-13-6-5-11-18-17(13)15-9-10-16(19-12-15)14-7-3-2-4-8-14/h2-12H,1H3. The van der Waals surface area contributed by atoms with E-state index in [2.05, 4.69) is 41.2 Å². The maximum absolute atomic E-state index is 4.53. The summed E-state index contributed by atoms with van der Waals surface area (Å²) in [5, 5.41) is 0. The van der Waals surface area contributed by atoms with Crippen LogP contribution in [0.3, 0.4) is 0 Å². The van der Waals surface area contributed by atoms with Crippen LogP contribution in [0.4, 0.5) is 0 Å². The molecule has 19 heavy (non-hydrogen) atoms. The minimum absolute atomic E-state index is 0.984. The van der Waals surface area contributed by atoms with Gasteiger partial charge in [-0.3, -0.25) is 9.97 Å². The van der Waals surface area contributed by atoms with Gasteiger partial charge in [-0.2, -0.15) is 0 Å². The molecule has 1 aromatic carbocycles. The first-order chi connectivity index (χ1) is 9.34. The number of pyridine rings is 2. The summed E-state index contributed by atoms with van der Waals surface area (Å²) in [6.45, 7) is 2.06. The molecule has 0 aliphatic rings. The first-order valence-corrected chi connectivity index (χ1v) is 6.28. The first-order valence-electron chi connectivity index (χ1n) is 6.28. The van der Waals surface area contributed by atoms with Gasteiger partial charge in [0.25, 0.3) is 0 Å². The van der Waals surface area contributed by atoms with Crippen LogP contribution in [0.2, 0.25) is 0 Å². The Kier molecular flexibility index (Phi) is 3.07. The molecule has 0 saturated carbocycles. The Labute approximate surface area is 112 Å². The fourth-order valence-corrected chi connectivity index (χ4v) is 2.10. The molecule has 0 aliphatic carbocycles. The van der Waals surface area contributed by atoms with Gasteiger partial charge in [0.05, 0.1) is 11.4 Å². The van der Waals surface area contributed by atoms with Gasteiger partial charge in [-0.15, -0.1) is 0 Å². The molecule has 0 spiro atoms.